The van der Waals surface area contributed by atoms with Gasteiger partial charge in [0.05, 0.1) is 12.6 Å². The highest BCUT2D eigenvalue weighted by Gasteiger charge is 2.42. The molecule has 0 spiro atoms. The largest absolute Gasteiger partial charge is 0.379 e. The third kappa shape index (κ3) is 2.29. The second-order valence-electron chi connectivity index (χ2n) is 4.79. The summed E-state index contributed by atoms with van der Waals surface area (Å²) in [7, 11) is 0. The van der Waals surface area contributed by atoms with Gasteiger partial charge in [0.25, 0.3) is 0 Å². The molecule has 2 aliphatic rings. The van der Waals surface area contributed by atoms with E-state index in [1.165, 1.54) is 0 Å². The fourth-order valence-corrected chi connectivity index (χ4v) is 2.57. The first kappa shape index (κ1) is 12.4. The van der Waals surface area contributed by atoms with Crippen molar-refractivity contribution in [2.24, 2.45) is 0 Å². The van der Waals surface area contributed by atoms with Crippen LogP contribution in [0, 0.1) is 0 Å². The highest BCUT2D eigenvalue weighted by Crippen LogP contribution is 2.21. The van der Waals surface area contributed by atoms with E-state index in [1.807, 2.05) is 6.92 Å². The number of nitrogens with one attached hydrogen (secondary N) is 1. The minimum absolute atomic E-state index is 0.0463. The summed E-state index contributed by atoms with van der Waals surface area (Å²) in [5.74, 6) is 0.00407. The number of ether oxygens (including phenoxy) is 1. The van der Waals surface area contributed by atoms with Crippen molar-refractivity contribution in [3.8, 4) is 0 Å². The molecule has 1 N–H and O–H groups in total. The van der Waals surface area contributed by atoms with Crippen LogP contribution in [0.5, 0.6) is 0 Å². The minimum atomic E-state index is -0.373. The summed E-state index contributed by atoms with van der Waals surface area (Å²) >= 11 is 0. The Balaban J connectivity index is 2.14. The first-order chi connectivity index (χ1) is 8.15. The van der Waals surface area contributed by atoms with Gasteiger partial charge in [-0.25, -0.2) is 0 Å². The van der Waals surface area contributed by atoms with Crippen molar-refractivity contribution in [1.29, 1.82) is 0 Å². The van der Waals surface area contributed by atoms with Gasteiger partial charge in [-0.3, -0.25) is 9.59 Å². The quantitative estimate of drug-likeness (QED) is 0.771. The molecular formula is C12H20N2O3. The smallest absolute Gasteiger partial charge is 0.246 e. The van der Waals surface area contributed by atoms with E-state index < -0.39 is 0 Å². The van der Waals surface area contributed by atoms with Gasteiger partial charge < -0.3 is 15.0 Å². The van der Waals surface area contributed by atoms with Crippen molar-refractivity contribution < 1.29 is 14.3 Å². The van der Waals surface area contributed by atoms with E-state index in [2.05, 4.69) is 5.32 Å². The molecule has 2 fully saturated rings. The maximum atomic E-state index is 12.3. The first-order valence-electron chi connectivity index (χ1n) is 6.35. The Morgan fingerprint density at radius 3 is 2.82 bits per heavy atom. The molecule has 2 rings (SSSR count). The summed E-state index contributed by atoms with van der Waals surface area (Å²) in [4.78, 5) is 25.9. The van der Waals surface area contributed by atoms with E-state index in [4.69, 9.17) is 4.74 Å². The lowest BCUT2D eigenvalue weighted by atomic mass is 10.0. The fraction of sp³-hybridized carbons (Fsp3) is 0.833. The van der Waals surface area contributed by atoms with Gasteiger partial charge in [-0.05, 0) is 19.8 Å². The van der Waals surface area contributed by atoms with Crippen molar-refractivity contribution in [1.82, 2.24) is 10.2 Å². The van der Waals surface area contributed by atoms with Crippen LogP contribution in [0.15, 0.2) is 0 Å². The second-order valence-corrected chi connectivity index (χ2v) is 4.79. The molecule has 0 saturated carbocycles. The third-order valence-electron chi connectivity index (χ3n) is 3.54. The van der Waals surface area contributed by atoms with Crippen molar-refractivity contribution in [2.75, 3.05) is 13.2 Å². The molecule has 0 radical (unpaired) electrons. The number of rotatable bonds is 3. The zero-order chi connectivity index (χ0) is 12.4. The lowest BCUT2D eigenvalue weighted by Crippen LogP contribution is -2.64. The van der Waals surface area contributed by atoms with Gasteiger partial charge in [0.1, 0.15) is 12.1 Å². The third-order valence-corrected chi connectivity index (χ3v) is 3.54. The Kier molecular flexibility index (Phi) is 3.66. The zero-order valence-corrected chi connectivity index (χ0v) is 10.4. The Morgan fingerprint density at radius 1 is 1.47 bits per heavy atom. The second kappa shape index (κ2) is 5.04. The number of hydrogen-bond acceptors (Lipinski definition) is 3. The molecule has 96 valence electrons. The molecule has 2 amide bonds. The van der Waals surface area contributed by atoms with E-state index in [0.29, 0.717) is 19.6 Å². The summed E-state index contributed by atoms with van der Waals surface area (Å²) in [6, 6.07) is -0.644. The van der Waals surface area contributed by atoms with Crippen molar-refractivity contribution in [2.45, 2.75) is 51.2 Å². The standard InChI is InChI=1S/C12H20N2O3/c1-3-4-10-12(16)14(8(2)11(15)13-10)9-5-6-17-7-9/h8-10H,3-7H2,1-2H3,(H,13,15). The highest BCUT2D eigenvalue weighted by molar-refractivity contribution is 5.96. The van der Waals surface area contributed by atoms with Crippen LogP contribution in [0.3, 0.4) is 0 Å². The van der Waals surface area contributed by atoms with Crippen LogP contribution in [0.25, 0.3) is 0 Å². The Labute approximate surface area is 101 Å². The Hall–Kier alpha value is -1.10. The predicted molar refractivity (Wildman–Crippen MR) is 62.4 cm³/mol. The van der Waals surface area contributed by atoms with E-state index >= 15 is 0 Å². The molecule has 5 heteroatoms. The number of amides is 2. The SMILES string of the molecule is CCCC1NC(=O)C(C)N(C2CCOC2)C1=O. The average Bonchev–Trinajstić information content (AvgIpc) is 2.80. The Morgan fingerprint density at radius 2 is 2.24 bits per heavy atom. The van der Waals surface area contributed by atoms with Gasteiger partial charge >= 0.3 is 0 Å². The van der Waals surface area contributed by atoms with Crippen LogP contribution < -0.4 is 5.32 Å². The van der Waals surface area contributed by atoms with E-state index in [-0.39, 0.29) is 29.9 Å². The van der Waals surface area contributed by atoms with E-state index in [0.717, 1.165) is 12.8 Å². The van der Waals surface area contributed by atoms with Crippen molar-refractivity contribution in [3.63, 3.8) is 0 Å². The lowest BCUT2D eigenvalue weighted by molar-refractivity contribution is -0.151. The lowest BCUT2D eigenvalue weighted by Gasteiger charge is -2.40. The summed E-state index contributed by atoms with van der Waals surface area (Å²) < 4.78 is 5.31. The molecule has 2 aliphatic heterocycles. The summed E-state index contributed by atoms with van der Waals surface area (Å²) in [5.41, 5.74) is 0. The topological polar surface area (TPSA) is 58.6 Å². The summed E-state index contributed by atoms with van der Waals surface area (Å²) in [6.07, 6.45) is 2.43. The number of hydrogen-bond donors (Lipinski definition) is 1. The van der Waals surface area contributed by atoms with Gasteiger partial charge in [-0.2, -0.15) is 0 Å². The number of carbonyl (C=O) groups is 2. The van der Waals surface area contributed by atoms with E-state index in [9.17, 15) is 9.59 Å². The molecule has 5 nitrogen and oxygen atoms in total. The molecule has 2 heterocycles. The average molecular weight is 240 g/mol. The summed E-state index contributed by atoms with van der Waals surface area (Å²) in [6.45, 7) is 5.04. The molecule has 0 aromatic rings. The van der Waals surface area contributed by atoms with E-state index in [1.54, 1.807) is 11.8 Å². The molecule has 2 saturated heterocycles. The Bertz CT molecular complexity index is 313. The van der Waals surface area contributed by atoms with Gasteiger partial charge in [0.2, 0.25) is 11.8 Å². The number of carbonyl (C=O) groups excluding carboxylic acids is 2. The predicted octanol–water partition coefficient (Wildman–Crippen LogP) is 0.291. The molecule has 0 aliphatic carbocycles. The fourth-order valence-electron chi connectivity index (χ4n) is 2.57. The minimum Gasteiger partial charge on any atom is -0.379 e. The number of piperazine rings is 1. The molecule has 0 aromatic heterocycles. The molecule has 17 heavy (non-hydrogen) atoms. The maximum absolute atomic E-state index is 12.3. The molecule has 3 atom stereocenters. The van der Waals surface area contributed by atoms with Gasteiger partial charge in [0, 0.05) is 6.61 Å². The van der Waals surface area contributed by atoms with Crippen LogP contribution in [0.4, 0.5) is 0 Å². The maximum Gasteiger partial charge on any atom is 0.246 e. The van der Waals surface area contributed by atoms with Crippen LogP contribution in [0.1, 0.15) is 33.1 Å². The molecule has 0 bridgehead atoms. The van der Waals surface area contributed by atoms with Crippen LogP contribution in [-0.2, 0) is 14.3 Å². The van der Waals surface area contributed by atoms with Crippen LogP contribution in [-0.4, -0.2) is 48.1 Å². The van der Waals surface area contributed by atoms with Crippen LogP contribution >= 0.6 is 0 Å². The van der Waals surface area contributed by atoms with Crippen LogP contribution in [0.2, 0.25) is 0 Å². The summed E-state index contributed by atoms with van der Waals surface area (Å²) in [5, 5.41) is 2.80. The monoisotopic (exact) mass is 240 g/mol. The van der Waals surface area contributed by atoms with Gasteiger partial charge in [-0.1, -0.05) is 13.3 Å². The highest BCUT2D eigenvalue weighted by atomic mass is 16.5. The molecule has 3 unspecified atom stereocenters. The number of nitrogens with zero attached hydrogens (tertiary/aromatic N) is 1. The van der Waals surface area contributed by atoms with Crippen molar-refractivity contribution in [3.05, 3.63) is 0 Å². The zero-order valence-electron chi connectivity index (χ0n) is 10.4. The molecular weight excluding hydrogens is 220 g/mol. The first-order valence-corrected chi connectivity index (χ1v) is 6.35. The van der Waals surface area contributed by atoms with Crippen molar-refractivity contribution >= 4 is 11.8 Å². The van der Waals surface area contributed by atoms with Gasteiger partial charge in [-0.15, -0.1) is 0 Å². The molecule has 0 aromatic carbocycles. The van der Waals surface area contributed by atoms with Gasteiger partial charge in [0.15, 0.2) is 0 Å². The normalized spacial score (nSPS) is 34.0.